The van der Waals surface area contributed by atoms with E-state index in [0.717, 1.165) is 6.42 Å². The molecule has 6 heteroatoms. The van der Waals surface area contributed by atoms with Gasteiger partial charge in [-0.25, -0.2) is 4.98 Å². The zero-order chi connectivity index (χ0) is 11.7. The number of ether oxygens (including phenoxy) is 1. The molecule has 16 heavy (non-hydrogen) atoms. The predicted molar refractivity (Wildman–Crippen MR) is 57.8 cm³/mol. The van der Waals surface area contributed by atoms with E-state index in [9.17, 15) is 5.11 Å². The molecule has 2 atom stereocenters. The molecule has 88 valence electrons. The Morgan fingerprint density at radius 3 is 2.50 bits per heavy atom. The van der Waals surface area contributed by atoms with Gasteiger partial charge in [0.15, 0.2) is 0 Å². The Kier molecular flexibility index (Phi) is 3.02. The quantitative estimate of drug-likeness (QED) is 0.783. The van der Waals surface area contributed by atoms with Gasteiger partial charge in [0.1, 0.15) is 11.6 Å². The van der Waals surface area contributed by atoms with Crippen LogP contribution in [0.3, 0.4) is 0 Å². The van der Waals surface area contributed by atoms with Crippen molar-refractivity contribution in [3.8, 4) is 0 Å². The van der Waals surface area contributed by atoms with Crippen molar-refractivity contribution in [3.05, 3.63) is 11.6 Å². The molecule has 0 aliphatic carbocycles. The highest BCUT2D eigenvalue weighted by molar-refractivity contribution is 5.33. The molecule has 1 aromatic heterocycles. The molecule has 0 amide bonds. The van der Waals surface area contributed by atoms with Gasteiger partial charge in [0.05, 0.1) is 12.6 Å². The molecule has 6 nitrogen and oxygen atoms in total. The Hall–Kier alpha value is -1.27. The van der Waals surface area contributed by atoms with Crippen molar-refractivity contribution in [2.24, 2.45) is 0 Å². The van der Waals surface area contributed by atoms with E-state index in [0.29, 0.717) is 24.2 Å². The Bertz CT molecular complexity index is 365. The number of aliphatic hydroxyl groups excluding tert-OH is 1. The summed E-state index contributed by atoms with van der Waals surface area (Å²) in [4.78, 5) is 14.3. The van der Waals surface area contributed by atoms with Gasteiger partial charge in [0, 0.05) is 0 Å². The minimum Gasteiger partial charge on any atom is -0.351 e. The van der Waals surface area contributed by atoms with Crippen molar-refractivity contribution in [2.45, 2.75) is 39.6 Å². The van der Waals surface area contributed by atoms with Crippen molar-refractivity contribution >= 4 is 5.95 Å². The lowest BCUT2D eigenvalue weighted by Crippen LogP contribution is -2.38. The summed E-state index contributed by atoms with van der Waals surface area (Å²) in [6, 6.07) is 0.121. The van der Waals surface area contributed by atoms with E-state index in [-0.39, 0.29) is 6.04 Å². The highest BCUT2D eigenvalue weighted by Gasteiger charge is 2.34. The standard InChI is InChI=1S/C10H16N4O2/c1-4-8-5-16-10(15)14(8)9-12-6(2)11-7(3)13-9/h8,10,15H,4-5H2,1-3H3/t8-,10?/m0/s1. The first-order chi connectivity index (χ1) is 7.61. The summed E-state index contributed by atoms with van der Waals surface area (Å²) in [5.41, 5.74) is 0. The average molecular weight is 224 g/mol. The zero-order valence-electron chi connectivity index (χ0n) is 9.71. The fraction of sp³-hybridized carbons (Fsp3) is 0.700. The number of hydrogen-bond donors (Lipinski definition) is 1. The van der Waals surface area contributed by atoms with E-state index < -0.39 is 6.41 Å². The fourth-order valence-corrected chi connectivity index (χ4v) is 1.83. The number of nitrogens with zero attached hydrogens (tertiary/aromatic N) is 4. The maximum atomic E-state index is 9.73. The van der Waals surface area contributed by atoms with E-state index >= 15 is 0 Å². The minimum absolute atomic E-state index is 0.121. The molecule has 0 aromatic carbocycles. The van der Waals surface area contributed by atoms with Gasteiger partial charge in [0.25, 0.3) is 0 Å². The average Bonchev–Trinajstić information content (AvgIpc) is 2.58. The van der Waals surface area contributed by atoms with Crippen LogP contribution in [-0.2, 0) is 4.74 Å². The van der Waals surface area contributed by atoms with Crippen LogP contribution in [0.1, 0.15) is 25.0 Å². The maximum absolute atomic E-state index is 9.73. The molecular weight excluding hydrogens is 208 g/mol. The topological polar surface area (TPSA) is 71.4 Å². The van der Waals surface area contributed by atoms with Gasteiger partial charge in [-0.1, -0.05) is 6.92 Å². The van der Waals surface area contributed by atoms with Gasteiger partial charge in [-0.15, -0.1) is 0 Å². The lowest BCUT2D eigenvalue weighted by molar-refractivity contribution is -0.0581. The summed E-state index contributed by atoms with van der Waals surface area (Å²) >= 11 is 0. The molecule has 2 rings (SSSR count). The van der Waals surface area contributed by atoms with Crippen LogP contribution in [0.5, 0.6) is 0 Å². The third-order valence-corrected chi connectivity index (χ3v) is 2.62. The van der Waals surface area contributed by atoms with E-state index in [2.05, 4.69) is 15.0 Å². The third-order valence-electron chi connectivity index (χ3n) is 2.62. The fourth-order valence-electron chi connectivity index (χ4n) is 1.83. The molecule has 1 aromatic rings. The van der Waals surface area contributed by atoms with E-state index in [1.165, 1.54) is 0 Å². The van der Waals surface area contributed by atoms with Crippen LogP contribution < -0.4 is 4.90 Å². The molecular formula is C10H16N4O2. The first kappa shape index (κ1) is 11.2. The second-order valence-corrected chi connectivity index (χ2v) is 3.86. The van der Waals surface area contributed by atoms with Crippen LogP contribution in [0, 0.1) is 13.8 Å². The molecule has 1 fully saturated rings. The zero-order valence-corrected chi connectivity index (χ0v) is 9.71. The summed E-state index contributed by atoms with van der Waals surface area (Å²) in [7, 11) is 0. The molecule has 0 saturated carbocycles. The number of rotatable bonds is 2. The van der Waals surface area contributed by atoms with Gasteiger partial charge in [-0.3, -0.25) is 4.90 Å². The van der Waals surface area contributed by atoms with Gasteiger partial charge in [0.2, 0.25) is 12.4 Å². The van der Waals surface area contributed by atoms with Crippen LogP contribution in [0.25, 0.3) is 0 Å². The lowest BCUT2D eigenvalue weighted by atomic mass is 10.2. The van der Waals surface area contributed by atoms with Crippen molar-refractivity contribution in [3.63, 3.8) is 0 Å². The van der Waals surface area contributed by atoms with Crippen LogP contribution >= 0.6 is 0 Å². The van der Waals surface area contributed by atoms with Crippen LogP contribution in [0.4, 0.5) is 5.95 Å². The number of anilines is 1. The van der Waals surface area contributed by atoms with Gasteiger partial charge < -0.3 is 9.84 Å². The smallest absolute Gasteiger partial charge is 0.240 e. The molecule has 1 aliphatic rings. The van der Waals surface area contributed by atoms with Gasteiger partial charge in [-0.05, 0) is 20.3 Å². The summed E-state index contributed by atoms with van der Waals surface area (Å²) < 4.78 is 5.18. The maximum Gasteiger partial charge on any atom is 0.240 e. The lowest BCUT2D eigenvalue weighted by Gasteiger charge is -2.24. The van der Waals surface area contributed by atoms with Crippen molar-refractivity contribution in [1.29, 1.82) is 0 Å². The summed E-state index contributed by atoms with van der Waals surface area (Å²) in [5.74, 6) is 1.79. The Morgan fingerprint density at radius 2 is 1.94 bits per heavy atom. The molecule has 0 bridgehead atoms. The number of aryl methyl sites for hydroxylation is 2. The minimum atomic E-state index is -0.953. The highest BCUT2D eigenvalue weighted by atomic mass is 16.6. The molecule has 0 spiro atoms. The normalized spacial score (nSPS) is 25.1. The molecule has 1 N–H and O–H groups in total. The van der Waals surface area contributed by atoms with Crippen LogP contribution in [0.15, 0.2) is 0 Å². The summed E-state index contributed by atoms with van der Waals surface area (Å²) in [6.07, 6.45) is -0.0768. The first-order valence-electron chi connectivity index (χ1n) is 5.39. The Labute approximate surface area is 94.3 Å². The third kappa shape index (κ3) is 1.98. The van der Waals surface area contributed by atoms with Crippen LogP contribution in [-0.4, -0.2) is 39.1 Å². The molecule has 1 unspecified atom stereocenters. The Morgan fingerprint density at radius 1 is 1.31 bits per heavy atom. The van der Waals surface area contributed by atoms with E-state index in [1.807, 2.05) is 20.8 Å². The predicted octanol–water partition coefficient (Wildman–Crippen LogP) is 0.380. The number of hydrogen-bond acceptors (Lipinski definition) is 6. The van der Waals surface area contributed by atoms with E-state index in [4.69, 9.17) is 4.74 Å². The summed E-state index contributed by atoms with van der Waals surface area (Å²) in [5, 5.41) is 9.73. The molecule has 1 aliphatic heterocycles. The van der Waals surface area contributed by atoms with Gasteiger partial charge in [-0.2, -0.15) is 9.97 Å². The molecule has 1 saturated heterocycles. The van der Waals surface area contributed by atoms with E-state index in [1.54, 1.807) is 4.90 Å². The number of aromatic nitrogens is 3. The monoisotopic (exact) mass is 224 g/mol. The molecule has 2 heterocycles. The largest absolute Gasteiger partial charge is 0.351 e. The molecule has 0 radical (unpaired) electrons. The van der Waals surface area contributed by atoms with Crippen molar-refractivity contribution in [1.82, 2.24) is 15.0 Å². The van der Waals surface area contributed by atoms with Crippen LogP contribution in [0.2, 0.25) is 0 Å². The summed E-state index contributed by atoms with van der Waals surface area (Å²) in [6.45, 7) is 6.16. The van der Waals surface area contributed by atoms with Gasteiger partial charge >= 0.3 is 0 Å². The first-order valence-corrected chi connectivity index (χ1v) is 5.39. The SMILES string of the molecule is CC[C@H]1COC(O)N1c1nc(C)nc(C)n1. The van der Waals surface area contributed by atoms with Crippen molar-refractivity contribution in [2.75, 3.05) is 11.5 Å². The highest BCUT2D eigenvalue weighted by Crippen LogP contribution is 2.23. The Balaban J connectivity index is 2.34. The second kappa shape index (κ2) is 4.31. The van der Waals surface area contributed by atoms with Crippen molar-refractivity contribution < 1.29 is 9.84 Å². The second-order valence-electron chi connectivity index (χ2n) is 3.86. The number of aliphatic hydroxyl groups is 1.